The van der Waals surface area contributed by atoms with Crippen molar-refractivity contribution in [2.24, 2.45) is 11.3 Å². The van der Waals surface area contributed by atoms with Gasteiger partial charge < -0.3 is 10.2 Å². The van der Waals surface area contributed by atoms with Gasteiger partial charge in [-0.1, -0.05) is 62.3 Å². The molecule has 0 amide bonds. The molecule has 1 aliphatic carbocycles. The van der Waals surface area contributed by atoms with E-state index in [1.54, 1.807) is 12.2 Å². The molecule has 0 aromatic rings. The number of rotatable bonds is 6. The van der Waals surface area contributed by atoms with Crippen LogP contribution in [0.25, 0.3) is 0 Å². The Bertz CT molecular complexity index is 478. The lowest BCUT2D eigenvalue weighted by atomic mass is 9.72. The number of allylic oxidation sites excluding steroid dienone is 5. The molecule has 1 aliphatic rings. The lowest BCUT2D eigenvalue weighted by molar-refractivity contribution is 0.185. The van der Waals surface area contributed by atoms with Gasteiger partial charge in [-0.15, -0.1) is 0 Å². The summed E-state index contributed by atoms with van der Waals surface area (Å²) in [7, 11) is 0. The van der Waals surface area contributed by atoms with E-state index in [4.69, 9.17) is 5.11 Å². The average Bonchev–Trinajstić information content (AvgIpc) is 2.43. The van der Waals surface area contributed by atoms with Gasteiger partial charge in [0.25, 0.3) is 0 Å². The third kappa shape index (κ3) is 5.58. The van der Waals surface area contributed by atoms with E-state index in [0.29, 0.717) is 0 Å². The highest BCUT2D eigenvalue weighted by atomic mass is 16.3. The van der Waals surface area contributed by atoms with Gasteiger partial charge in [-0.3, -0.25) is 0 Å². The van der Waals surface area contributed by atoms with Crippen molar-refractivity contribution in [3.05, 3.63) is 47.1 Å². The molecule has 0 radical (unpaired) electrons. The summed E-state index contributed by atoms with van der Waals surface area (Å²) >= 11 is 0. The molecular formula is C20H32O2. The van der Waals surface area contributed by atoms with Crippen LogP contribution in [0.3, 0.4) is 0 Å². The molecule has 0 fully saturated rings. The fraction of sp³-hybridized carbons (Fsp3) is 0.600. The zero-order chi connectivity index (χ0) is 16.8. The van der Waals surface area contributed by atoms with Crippen molar-refractivity contribution >= 4 is 0 Å². The van der Waals surface area contributed by atoms with Crippen LogP contribution in [0.4, 0.5) is 0 Å². The first kappa shape index (κ1) is 18.9. The first-order chi connectivity index (χ1) is 10.3. The van der Waals surface area contributed by atoms with Crippen molar-refractivity contribution in [1.29, 1.82) is 0 Å². The average molecular weight is 304 g/mol. The molecule has 0 spiro atoms. The summed E-state index contributed by atoms with van der Waals surface area (Å²) in [5.74, 6) is 0.0659. The molecule has 2 heteroatoms. The minimum Gasteiger partial charge on any atom is -0.392 e. The van der Waals surface area contributed by atoms with E-state index in [2.05, 4.69) is 32.9 Å². The zero-order valence-electron chi connectivity index (χ0n) is 14.8. The van der Waals surface area contributed by atoms with E-state index < -0.39 is 6.10 Å². The maximum atomic E-state index is 10.2. The molecule has 0 heterocycles. The molecule has 2 atom stereocenters. The smallest absolute Gasteiger partial charge is 0.0784 e. The third-order valence-electron chi connectivity index (χ3n) is 4.62. The topological polar surface area (TPSA) is 40.5 Å². The summed E-state index contributed by atoms with van der Waals surface area (Å²) < 4.78 is 0. The van der Waals surface area contributed by atoms with E-state index in [0.717, 1.165) is 5.57 Å². The summed E-state index contributed by atoms with van der Waals surface area (Å²) in [6.45, 7) is 10.8. The van der Waals surface area contributed by atoms with E-state index >= 15 is 0 Å². The van der Waals surface area contributed by atoms with Crippen LogP contribution in [-0.2, 0) is 0 Å². The van der Waals surface area contributed by atoms with Crippen LogP contribution in [-0.4, -0.2) is 22.9 Å². The Morgan fingerprint density at radius 1 is 1.32 bits per heavy atom. The normalized spacial score (nSPS) is 22.6. The highest BCUT2D eigenvalue weighted by Crippen LogP contribution is 2.40. The lowest BCUT2D eigenvalue weighted by Crippen LogP contribution is -2.19. The minimum atomic E-state index is -0.508. The Morgan fingerprint density at radius 2 is 2.00 bits per heavy atom. The Morgan fingerprint density at radius 3 is 2.59 bits per heavy atom. The molecule has 2 nitrogen and oxygen atoms in total. The number of hydrogen-bond donors (Lipinski definition) is 2. The van der Waals surface area contributed by atoms with Gasteiger partial charge in [0.1, 0.15) is 0 Å². The molecule has 22 heavy (non-hydrogen) atoms. The van der Waals surface area contributed by atoms with Crippen LogP contribution in [0.2, 0.25) is 0 Å². The van der Waals surface area contributed by atoms with E-state index in [-0.39, 0.29) is 17.9 Å². The minimum absolute atomic E-state index is 0.0320. The second-order valence-electron chi connectivity index (χ2n) is 7.13. The fourth-order valence-electron chi connectivity index (χ4n) is 3.01. The Labute approximate surface area is 135 Å². The van der Waals surface area contributed by atoms with Crippen molar-refractivity contribution in [2.75, 3.05) is 6.61 Å². The predicted octanol–water partition coefficient (Wildman–Crippen LogP) is 4.56. The molecule has 0 unspecified atom stereocenters. The maximum Gasteiger partial charge on any atom is 0.0784 e. The third-order valence-corrected chi connectivity index (χ3v) is 4.62. The Balaban J connectivity index is 2.75. The lowest BCUT2D eigenvalue weighted by Gasteiger charge is -2.33. The van der Waals surface area contributed by atoms with Crippen molar-refractivity contribution in [2.45, 2.75) is 60.0 Å². The van der Waals surface area contributed by atoms with Gasteiger partial charge in [-0.25, -0.2) is 0 Å². The summed E-state index contributed by atoms with van der Waals surface area (Å²) in [6.07, 6.45) is 12.9. The van der Waals surface area contributed by atoms with Gasteiger partial charge in [0, 0.05) is 5.92 Å². The number of aliphatic hydroxyl groups excluding tert-OH is 2. The van der Waals surface area contributed by atoms with Crippen molar-refractivity contribution < 1.29 is 10.2 Å². The highest BCUT2D eigenvalue weighted by Gasteiger charge is 2.26. The molecule has 0 saturated heterocycles. The van der Waals surface area contributed by atoms with Crippen LogP contribution in [0.5, 0.6) is 0 Å². The van der Waals surface area contributed by atoms with Gasteiger partial charge in [0.15, 0.2) is 0 Å². The molecule has 0 aliphatic heterocycles. The maximum absolute atomic E-state index is 10.2. The molecule has 2 N–H and O–H groups in total. The van der Waals surface area contributed by atoms with E-state index in [1.165, 1.54) is 30.4 Å². The second kappa shape index (κ2) is 8.50. The van der Waals surface area contributed by atoms with Gasteiger partial charge in [-0.2, -0.15) is 0 Å². The molecule has 0 aromatic carbocycles. The predicted molar refractivity (Wildman–Crippen MR) is 94.6 cm³/mol. The van der Waals surface area contributed by atoms with Crippen LogP contribution in [0.15, 0.2) is 47.1 Å². The van der Waals surface area contributed by atoms with Crippen molar-refractivity contribution in [3.63, 3.8) is 0 Å². The fourth-order valence-corrected chi connectivity index (χ4v) is 3.01. The quantitative estimate of drug-likeness (QED) is 0.706. The van der Waals surface area contributed by atoms with E-state index in [1.807, 2.05) is 19.9 Å². The van der Waals surface area contributed by atoms with Crippen LogP contribution in [0, 0.1) is 11.3 Å². The Kier molecular flexibility index (Phi) is 7.31. The van der Waals surface area contributed by atoms with Gasteiger partial charge in [0.2, 0.25) is 0 Å². The van der Waals surface area contributed by atoms with Crippen molar-refractivity contribution in [1.82, 2.24) is 0 Å². The molecule has 0 aromatic heterocycles. The zero-order valence-corrected chi connectivity index (χ0v) is 14.8. The summed E-state index contributed by atoms with van der Waals surface area (Å²) in [4.78, 5) is 0. The molecule has 0 saturated carbocycles. The molecule has 124 valence electrons. The first-order valence-corrected chi connectivity index (χ1v) is 8.30. The Hall–Kier alpha value is -1.12. The van der Waals surface area contributed by atoms with Crippen LogP contribution < -0.4 is 0 Å². The van der Waals surface area contributed by atoms with E-state index in [9.17, 15) is 5.11 Å². The summed E-state index contributed by atoms with van der Waals surface area (Å²) in [5.41, 5.74) is 4.11. The van der Waals surface area contributed by atoms with Crippen LogP contribution in [0.1, 0.15) is 53.9 Å². The summed E-state index contributed by atoms with van der Waals surface area (Å²) in [5, 5.41) is 19.0. The highest BCUT2D eigenvalue weighted by molar-refractivity contribution is 5.33. The summed E-state index contributed by atoms with van der Waals surface area (Å²) in [6, 6.07) is 0. The largest absolute Gasteiger partial charge is 0.392 e. The number of aliphatic hydroxyl groups is 2. The number of hydrogen-bond acceptors (Lipinski definition) is 2. The van der Waals surface area contributed by atoms with Gasteiger partial charge >= 0.3 is 0 Å². The SMILES string of the molecule is CC1=C(/C=C/[C@H](C)[C@@H](O)/C=C/C(C)=C\CO)C(C)(C)CCC1. The molecule has 1 rings (SSSR count). The second-order valence-corrected chi connectivity index (χ2v) is 7.13. The van der Waals surface area contributed by atoms with Crippen LogP contribution >= 0.6 is 0 Å². The molecular weight excluding hydrogens is 272 g/mol. The monoisotopic (exact) mass is 304 g/mol. The molecule has 0 bridgehead atoms. The standard InChI is InChI=1S/C20H32O2/c1-15(12-14-21)8-11-19(22)17(3)9-10-18-16(2)7-6-13-20(18,4)5/h8-12,17,19,21-22H,6-7,13-14H2,1-5H3/b10-9+,11-8+,15-12-/t17-,19-/m0/s1. The first-order valence-electron chi connectivity index (χ1n) is 8.30. The van der Waals surface area contributed by atoms with Gasteiger partial charge in [0.05, 0.1) is 12.7 Å². The van der Waals surface area contributed by atoms with Crippen molar-refractivity contribution in [3.8, 4) is 0 Å². The van der Waals surface area contributed by atoms with Gasteiger partial charge in [-0.05, 0) is 44.1 Å².